The minimum absolute atomic E-state index is 0.0953. The lowest BCUT2D eigenvalue weighted by atomic mass is 9.93. The number of hydrazine groups is 1. The van der Waals surface area contributed by atoms with Gasteiger partial charge in [0.05, 0.1) is 6.04 Å². The zero-order valence-corrected chi connectivity index (χ0v) is 7.40. The molecule has 0 heterocycles. The van der Waals surface area contributed by atoms with Crippen molar-refractivity contribution in [2.45, 2.75) is 19.4 Å². The molecule has 1 aliphatic carbocycles. The van der Waals surface area contributed by atoms with Crippen LogP contribution in [0.15, 0.2) is 23.5 Å². The van der Waals surface area contributed by atoms with E-state index in [2.05, 4.69) is 0 Å². The van der Waals surface area contributed by atoms with Gasteiger partial charge >= 0.3 is 5.97 Å². The Kier molecular flexibility index (Phi) is 2.57. The van der Waals surface area contributed by atoms with Crippen molar-refractivity contribution in [3.05, 3.63) is 23.5 Å². The molecule has 13 heavy (non-hydrogen) atoms. The summed E-state index contributed by atoms with van der Waals surface area (Å²) < 4.78 is 0. The molecule has 0 saturated carbocycles. The van der Waals surface area contributed by atoms with Crippen molar-refractivity contribution in [1.29, 1.82) is 0 Å². The van der Waals surface area contributed by atoms with Crippen molar-refractivity contribution in [3.63, 3.8) is 0 Å². The number of hydrogen-bond acceptors (Lipinski definition) is 4. The minimum Gasteiger partial charge on any atom is -0.477 e. The van der Waals surface area contributed by atoms with Crippen molar-refractivity contribution in [1.82, 2.24) is 5.01 Å². The number of aliphatic carboxylic acids is 1. The minimum atomic E-state index is -1.16. The number of nitrogens with two attached hydrogens (primary N) is 2. The first-order valence-corrected chi connectivity index (χ1v) is 3.92. The lowest BCUT2D eigenvalue weighted by Crippen LogP contribution is -2.41. The molecule has 1 aliphatic rings. The second-order valence-electron chi connectivity index (χ2n) is 3.04. The Morgan fingerprint density at radius 3 is 2.77 bits per heavy atom. The normalized spacial score (nSPS) is 21.8. The van der Waals surface area contributed by atoms with E-state index in [1.807, 2.05) is 13.0 Å². The molecule has 0 amide bonds. The Hall–Kier alpha value is -1.49. The van der Waals surface area contributed by atoms with Crippen LogP contribution in [0.1, 0.15) is 13.3 Å². The van der Waals surface area contributed by atoms with E-state index in [0.29, 0.717) is 0 Å². The number of carbonyl (C=O) groups is 1. The topological polar surface area (TPSA) is 92.6 Å². The Bertz CT molecular complexity index is 283. The molecule has 72 valence electrons. The van der Waals surface area contributed by atoms with Crippen LogP contribution in [0.5, 0.6) is 0 Å². The summed E-state index contributed by atoms with van der Waals surface area (Å²) in [6.45, 7) is 1.94. The van der Waals surface area contributed by atoms with Crippen LogP contribution in [0.4, 0.5) is 0 Å². The number of nitrogens with zero attached hydrogens (tertiary/aromatic N) is 1. The molecule has 0 aromatic rings. The number of rotatable bonds is 3. The fraction of sp³-hybridized carbons (Fsp3) is 0.375. The van der Waals surface area contributed by atoms with Crippen LogP contribution in [0.3, 0.4) is 0 Å². The molecule has 5 heteroatoms. The standard InChI is InChI=1S/C8H13N3O2/c1-5-2-3-7(5)11(10)4-6(9)8(12)13/h2,4,7H,3,9-10H2,1H3,(H,12,13)/b6-4-. The molecule has 0 saturated heterocycles. The van der Waals surface area contributed by atoms with E-state index in [9.17, 15) is 4.79 Å². The Labute approximate surface area is 76.3 Å². The van der Waals surface area contributed by atoms with Gasteiger partial charge in [0.25, 0.3) is 0 Å². The summed E-state index contributed by atoms with van der Waals surface area (Å²) in [5.41, 5.74) is 6.09. The summed E-state index contributed by atoms with van der Waals surface area (Å²) in [4.78, 5) is 10.4. The highest BCUT2D eigenvalue weighted by Gasteiger charge is 2.21. The van der Waals surface area contributed by atoms with Crippen LogP contribution in [0, 0.1) is 0 Å². The lowest BCUT2D eigenvalue weighted by molar-refractivity contribution is -0.132. The third kappa shape index (κ3) is 2.00. The van der Waals surface area contributed by atoms with Crippen molar-refractivity contribution in [2.75, 3.05) is 0 Å². The van der Waals surface area contributed by atoms with E-state index in [1.165, 1.54) is 11.2 Å². The molecule has 5 N–H and O–H groups in total. The van der Waals surface area contributed by atoms with Gasteiger partial charge in [0.15, 0.2) is 0 Å². The summed E-state index contributed by atoms with van der Waals surface area (Å²) in [6, 6.07) is 0.0953. The Morgan fingerprint density at radius 2 is 2.46 bits per heavy atom. The van der Waals surface area contributed by atoms with Crippen LogP contribution in [0.25, 0.3) is 0 Å². The molecule has 0 aromatic carbocycles. The molecular weight excluding hydrogens is 170 g/mol. The first-order valence-electron chi connectivity index (χ1n) is 3.92. The van der Waals surface area contributed by atoms with E-state index in [0.717, 1.165) is 12.0 Å². The predicted octanol–water partition coefficient (Wildman–Crippen LogP) is -0.235. The second-order valence-corrected chi connectivity index (χ2v) is 3.04. The molecule has 1 atom stereocenters. The van der Waals surface area contributed by atoms with Gasteiger partial charge in [-0.2, -0.15) is 0 Å². The summed E-state index contributed by atoms with van der Waals surface area (Å²) in [5.74, 6) is 4.42. The van der Waals surface area contributed by atoms with Gasteiger partial charge < -0.3 is 15.8 Å². The van der Waals surface area contributed by atoms with Crippen molar-refractivity contribution in [3.8, 4) is 0 Å². The summed E-state index contributed by atoms with van der Waals surface area (Å²) >= 11 is 0. The lowest BCUT2D eigenvalue weighted by Gasteiger charge is -2.32. The largest absolute Gasteiger partial charge is 0.477 e. The molecule has 0 aromatic heterocycles. The summed E-state index contributed by atoms with van der Waals surface area (Å²) in [5, 5.41) is 9.81. The molecule has 0 radical (unpaired) electrons. The first kappa shape index (κ1) is 9.60. The fourth-order valence-corrected chi connectivity index (χ4v) is 1.12. The Balaban J connectivity index is 2.59. The molecule has 0 spiro atoms. The number of carboxylic acids is 1. The molecule has 0 fully saturated rings. The predicted molar refractivity (Wildman–Crippen MR) is 48.1 cm³/mol. The highest BCUT2D eigenvalue weighted by molar-refractivity contribution is 5.85. The maximum Gasteiger partial charge on any atom is 0.353 e. The highest BCUT2D eigenvalue weighted by Crippen LogP contribution is 2.22. The fourth-order valence-electron chi connectivity index (χ4n) is 1.12. The zero-order chi connectivity index (χ0) is 10.0. The molecule has 1 rings (SSSR count). The third-order valence-electron chi connectivity index (χ3n) is 2.08. The second kappa shape index (κ2) is 3.49. The van der Waals surface area contributed by atoms with Gasteiger partial charge in [-0.15, -0.1) is 0 Å². The van der Waals surface area contributed by atoms with Crippen LogP contribution < -0.4 is 11.6 Å². The van der Waals surface area contributed by atoms with E-state index in [1.54, 1.807) is 0 Å². The van der Waals surface area contributed by atoms with Gasteiger partial charge in [0.2, 0.25) is 0 Å². The van der Waals surface area contributed by atoms with E-state index in [-0.39, 0.29) is 11.7 Å². The Morgan fingerprint density at radius 1 is 1.85 bits per heavy atom. The monoisotopic (exact) mass is 183 g/mol. The van der Waals surface area contributed by atoms with Gasteiger partial charge in [0.1, 0.15) is 5.70 Å². The third-order valence-corrected chi connectivity index (χ3v) is 2.08. The maximum atomic E-state index is 10.4. The van der Waals surface area contributed by atoms with Crippen molar-refractivity contribution < 1.29 is 9.90 Å². The molecule has 5 nitrogen and oxygen atoms in total. The van der Waals surface area contributed by atoms with Gasteiger partial charge in [0, 0.05) is 6.20 Å². The van der Waals surface area contributed by atoms with Crippen LogP contribution >= 0.6 is 0 Å². The number of carboxylic acid groups (broad SMARTS) is 1. The zero-order valence-electron chi connectivity index (χ0n) is 7.40. The van der Waals surface area contributed by atoms with E-state index < -0.39 is 5.97 Å². The van der Waals surface area contributed by atoms with Crippen LogP contribution in [-0.4, -0.2) is 22.1 Å². The molecule has 0 aliphatic heterocycles. The SMILES string of the molecule is CC1=CCC1N(N)/C=C(\N)C(=O)O. The quantitative estimate of drug-likeness (QED) is 0.243. The summed E-state index contributed by atoms with van der Waals surface area (Å²) in [6.07, 6.45) is 4.12. The molecule has 1 unspecified atom stereocenters. The van der Waals surface area contributed by atoms with Crippen molar-refractivity contribution in [2.24, 2.45) is 11.6 Å². The van der Waals surface area contributed by atoms with Gasteiger partial charge in [-0.05, 0) is 13.3 Å². The van der Waals surface area contributed by atoms with Crippen LogP contribution in [-0.2, 0) is 4.79 Å². The average Bonchev–Trinajstić information content (AvgIpc) is 2.01. The van der Waals surface area contributed by atoms with E-state index in [4.69, 9.17) is 16.7 Å². The number of hydrogen-bond donors (Lipinski definition) is 3. The van der Waals surface area contributed by atoms with Crippen molar-refractivity contribution >= 4 is 5.97 Å². The van der Waals surface area contributed by atoms with Crippen LogP contribution in [0.2, 0.25) is 0 Å². The van der Waals surface area contributed by atoms with Gasteiger partial charge in [-0.1, -0.05) is 11.6 Å². The van der Waals surface area contributed by atoms with Gasteiger partial charge in [-0.3, -0.25) is 0 Å². The average molecular weight is 183 g/mol. The van der Waals surface area contributed by atoms with Gasteiger partial charge in [-0.25, -0.2) is 10.6 Å². The highest BCUT2D eigenvalue weighted by atomic mass is 16.4. The summed E-state index contributed by atoms with van der Waals surface area (Å²) in [7, 11) is 0. The smallest absolute Gasteiger partial charge is 0.353 e. The van der Waals surface area contributed by atoms with E-state index >= 15 is 0 Å². The first-order chi connectivity index (χ1) is 6.02. The molecule has 0 bridgehead atoms. The maximum absolute atomic E-state index is 10.4. The molecular formula is C8H13N3O2.